The number of rotatable bonds is 4. The fourth-order valence-corrected chi connectivity index (χ4v) is 1.86. The molecule has 0 spiro atoms. The average Bonchev–Trinajstić information content (AvgIpc) is 2.19. The van der Waals surface area contributed by atoms with E-state index in [1.165, 1.54) is 0 Å². The summed E-state index contributed by atoms with van der Waals surface area (Å²) < 4.78 is 5.17. The highest BCUT2D eigenvalue weighted by Gasteiger charge is 2.32. The number of alkyl halides is 1. The van der Waals surface area contributed by atoms with Crippen molar-refractivity contribution in [1.82, 2.24) is 5.32 Å². The smallest absolute Gasteiger partial charge is 0.238 e. The summed E-state index contributed by atoms with van der Waals surface area (Å²) in [5.41, 5.74) is -0.260. The van der Waals surface area contributed by atoms with E-state index in [1.54, 1.807) is 14.0 Å². The number of halogens is 1. The van der Waals surface area contributed by atoms with Crippen molar-refractivity contribution < 1.29 is 9.53 Å². The van der Waals surface area contributed by atoms with Crippen molar-refractivity contribution >= 4 is 17.5 Å². The zero-order valence-electron chi connectivity index (χ0n) is 9.25. The summed E-state index contributed by atoms with van der Waals surface area (Å²) in [6.07, 6.45) is 6.91. The van der Waals surface area contributed by atoms with Crippen LogP contribution in [0.3, 0.4) is 0 Å². The minimum Gasteiger partial charge on any atom is -0.382 e. The molecule has 1 amide bonds. The van der Waals surface area contributed by atoms with Crippen LogP contribution in [-0.4, -0.2) is 30.5 Å². The molecule has 1 rings (SSSR count). The van der Waals surface area contributed by atoms with Gasteiger partial charge in [0.1, 0.15) is 5.38 Å². The van der Waals surface area contributed by atoms with Crippen LogP contribution >= 0.6 is 11.6 Å². The fraction of sp³-hybridized carbons (Fsp3) is 0.727. The van der Waals surface area contributed by atoms with Gasteiger partial charge >= 0.3 is 0 Å². The highest BCUT2D eigenvalue weighted by molar-refractivity contribution is 6.30. The van der Waals surface area contributed by atoms with Gasteiger partial charge < -0.3 is 10.1 Å². The van der Waals surface area contributed by atoms with Gasteiger partial charge in [-0.1, -0.05) is 12.2 Å². The van der Waals surface area contributed by atoms with Gasteiger partial charge in [0.05, 0.1) is 12.1 Å². The molecule has 0 saturated heterocycles. The minimum atomic E-state index is -0.496. The van der Waals surface area contributed by atoms with Crippen LogP contribution in [0.15, 0.2) is 12.2 Å². The quantitative estimate of drug-likeness (QED) is 0.593. The summed E-state index contributed by atoms with van der Waals surface area (Å²) in [6, 6.07) is 0. The molecule has 2 unspecified atom stereocenters. The van der Waals surface area contributed by atoms with Gasteiger partial charge in [0, 0.05) is 7.11 Å². The summed E-state index contributed by atoms with van der Waals surface area (Å²) >= 11 is 5.74. The van der Waals surface area contributed by atoms with Gasteiger partial charge in [-0.3, -0.25) is 4.79 Å². The molecule has 0 saturated carbocycles. The zero-order chi connectivity index (χ0) is 11.3. The third-order valence-electron chi connectivity index (χ3n) is 2.64. The molecular weight excluding hydrogens is 214 g/mol. The molecule has 0 fully saturated rings. The van der Waals surface area contributed by atoms with Crippen LogP contribution in [0.4, 0.5) is 0 Å². The second-order valence-corrected chi connectivity index (χ2v) is 4.69. The van der Waals surface area contributed by atoms with Crippen molar-refractivity contribution in [1.29, 1.82) is 0 Å². The van der Waals surface area contributed by atoms with Gasteiger partial charge in [0.2, 0.25) is 5.91 Å². The third kappa shape index (κ3) is 3.50. The number of amides is 1. The maximum Gasteiger partial charge on any atom is 0.238 e. The van der Waals surface area contributed by atoms with E-state index in [-0.39, 0.29) is 11.4 Å². The molecule has 3 nitrogen and oxygen atoms in total. The first kappa shape index (κ1) is 12.5. The van der Waals surface area contributed by atoms with Gasteiger partial charge in [0.15, 0.2) is 0 Å². The molecule has 0 aromatic rings. The lowest BCUT2D eigenvalue weighted by Crippen LogP contribution is -2.53. The predicted octanol–water partition coefficient (Wildman–Crippen LogP) is 1.86. The molecule has 15 heavy (non-hydrogen) atoms. The second-order valence-electron chi connectivity index (χ2n) is 4.03. The van der Waals surface area contributed by atoms with E-state index in [1.807, 2.05) is 0 Å². The molecular formula is C11H18ClNO2. The Labute approximate surface area is 95.8 Å². The molecule has 1 aliphatic rings. The van der Waals surface area contributed by atoms with Gasteiger partial charge in [-0.05, 0) is 26.2 Å². The highest BCUT2D eigenvalue weighted by atomic mass is 35.5. The standard InChI is InChI=1S/C11H18ClNO2/c1-9(12)10(14)13-11(8-15-2)6-4-3-5-7-11/h3-4,9H,5-8H2,1-2H3,(H,13,14). The number of carbonyl (C=O) groups excluding carboxylic acids is 1. The van der Waals surface area contributed by atoms with E-state index in [4.69, 9.17) is 16.3 Å². The SMILES string of the molecule is COCC1(NC(=O)C(C)Cl)CC=CCC1. The summed E-state index contributed by atoms with van der Waals surface area (Å²) in [7, 11) is 1.65. The van der Waals surface area contributed by atoms with Crippen LogP contribution in [0.5, 0.6) is 0 Å². The van der Waals surface area contributed by atoms with Crippen LogP contribution in [-0.2, 0) is 9.53 Å². The number of allylic oxidation sites excluding steroid dienone is 1. The third-order valence-corrected chi connectivity index (χ3v) is 2.83. The fourth-order valence-electron chi connectivity index (χ4n) is 1.81. The molecule has 0 heterocycles. The van der Waals surface area contributed by atoms with Gasteiger partial charge in [0.25, 0.3) is 0 Å². The molecule has 2 atom stereocenters. The maximum absolute atomic E-state index is 11.6. The second kappa shape index (κ2) is 5.52. The van der Waals surface area contributed by atoms with Crippen molar-refractivity contribution in [3.05, 3.63) is 12.2 Å². The Hall–Kier alpha value is -0.540. The Bertz CT molecular complexity index is 253. The normalized spacial score (nSPS) is 27.4. The Kier molecular flexibility index (Phi) is 4.61. The average molecular weight is 232 g/mol. The van der Waals surface area contributed by atoms with E-state index < -0.39 is 5.38 Å². The first-order valence-corrected chi connectivity index (χ1v) is 5.63. The molecule has 0 aromatic carbocycles. The molecule has 0 radical (unpaired) electrons. The van der Waals surface area contributed by atoms with Gasteiger partial charge in [-0.2, -0.15) is 0 Å². The van der Waals surface area contributed by atoms with E-state index in [2.05, 4.69) is 17.5 Å². The number of carbonyl (C=O) groups is 1. The van der Waals surface area contributed by atoms with Crippen LogP contribution in [0.1, 0.15) is 26.2 Å². The monoisotopic (exact) mass is 231 g/mol. The van der Waals surface area contributed by atoms with Crippen molar-refractivity contribution in [2.75, 3.05) is 13.7 Å². The molecule has 0 aliphatic heterocycles. The number of ether oxygens (including phenoxy) is 1. The maximum atomic E-state index is 11.6. The zero-order valence-corrected chi connectivity index (χ0v) is 10.0. The molecule has 86 valence electrons. The summed E-state index contributed by atoms with van der Waals surface area (Å²) in [5, 5.41) is 2.49. The predicted molar refractivity (Wildman–Crippen MR) is 61.1 cm³/mol. The topological polar surface area (TPSA) is 38.3 Å². The Morgan fingerprint density at radius 2 is 2.40 bits per heavy atom. The molecule has 1 N–H and O–H groups in total. The van der Waals surface area contributed by atoms with Crippen LogP contribution < -0.4 is 5.32 Å². The van der Waals surface area contributed by atoms with Gasteiger partial charge in [-0.15, -0.1) is 11.6 Å². The van der Waals surface area contributed by atoms with Crippen LogP contribution in [0, 0.1) is 0 Å². The number of hydrogen-bond acceptors (Lipinski definition) is 2. The highest BCUT2D eigenvalue weighted by Crippen LogP contribution is 2.24. The van der Waals surface area contributed by atoms with E-state index >= 15 is 0 Å². The molecule has 4 heteroatoms. The lowest BCUT2D eigenvalue weighted by Gasteiger charge is -2.35. The summed E-state index contributed by atoms with van der Waals surface area (Å²) in [4.78, 5) is 11.6. The minimum absolute atomic E-state index is 0.121. The van der Waals surface area contributed by atoms with Crippen LogP contribution in [0.25, 0.3) is 0 Å². The molecule has 0 bridgehead atoms. The summed E-state index contributed by atoms with van der Waals surface area (Å²) in [6.45, 7) is 2.21. The Morgan fingerprint density at radius 1 is 1.67 bits per heavy atom. The lowest BCUT2D eigenvalue weighted by atomic mass is 9.86. The van der Waals surface area contributed by atoms with E-state index in [9.17, 15) is 4.79 Å². The first-order valence-electron chi connectivity index (χ1n) is 5.20. The van der Waals surface area contributed by atoms with Crippen molar-refractivity contribution in [2.45, 2.75) is 37.1 Å². The largest absolute Gasteiger partial charge is 0.382 e. The van der Waals surface area contributed by atoms with Crippen molar-refractivity contribution in [3.63, 3.8) is 0 Å². The number of nitrogens with one attached hydrogen (secondary N) is 1. The first-order chi connectivity index (χ1) is 7.09. The van der Waals surface area contributed by atoms with Gasteiger partial charge in [-0.25, -0.2) is 0 Å². The van der Waals surface area contributed by atoms with Crippen LogP contribution in [0.2, 0.25) is 0 Å². The van der Waals surface area contributed by atoms with E-state index in [0.29, 0.717) is 6.61 Å². The van der Waals surface area contributed by atoms with Crippen molar-refractivity contribution in [3.8, 4) is 0 Å². The summed E-state index contributed by atoms with van der Waals surface area (Å²) in [5.74, 6) is -0.121. The van der Waals surface area contributed by atoms with Crippen molar-refractivity contribution in [2.24, 2.45) is 0 Å². The lowest BCUT2D eigenvalue weighted by molar-refractivity contribution is -0.123. The number of hydrogen-bond donors (Lipinski definition) is 1. The Morgan fingerprint density at radius 3 is 2.87 bits per heavy atom. The van der Waals surface area contributed by atoms with E-state index in [0.717, 1.165) is 19.3 Å². The number of methoxy groups -OCH3 is 1. The Balaban J connectivity index is 2.64. The molecule has 0 aromatic heterocycles. The molecule has 1 aliphatic carbocycles.